The number of rotatable bonds is 12. The molecule has 8 aromatic rings. The van der Waals surface area contributed by atoms with E-state index in [0.29, 0.717) is 59.6 Å². The van der Waals surface area contributed by atoms with Crippen LogP contribution in [0.1, 0.15) is 376 Å². The van der Waals surface area contributed by atoms with E-state index in [1.54, 1.807) is 6.20 Å². The third kappa shape index (κ3) is 15.4. The number of hydrogen-bond donors (Lipinski definition) is 9. The number of esters is 2. The SMILES string of the molecule is C.C.CC1(C)CC[C@]2(C(=O)OCc3ccccc3)CC[C@]3(C)C(=C(c4ccc(F)nc4)CC4[C@@]5(C)Cc6c(N)n[nH]c6C(C)(C)[C@@H]5CC[C@]43C)[C@@H]2C1.CNc1ccc(C2=C3[C@@H]4CC(C)(C)CC[C@]4(C(=O)O)CC[C@@]3(C)[C@]3(C)CC[C@H]4C(C)(C)c5[nH]nc(N)c5C[C@]4(C)C3C2)cn1.CNc1ccc(C2=C3[C@@H]4CC(C)(C)CC[C@]4(C(=O)OCc4ccccc4)CC[C@@]3(C)[C@]3(C)CC[C@H]4C(C)(C)c5[nH]nc(N)c5C[C@]4(C)C3C2)cn1. The van der Waals surface area contributed by atoms with Gasteiger partial charge in [-0.05, 0) is 373 Å². The molecule has 21 atom stereocenters. The second-order valence-corrected chi connectivity index (χ2v) is 55.5. The number of carbonyl (C=O) groups excluding carboxylic acids is 2. The van der Waals surface area contributed by atoms with Gasteiger partial charge in [0.25, 0.3) is 0 Å². The van der Waals surface area contributed by atoms with Crippen LogP contribution in [0.25, 0.3) is 16.7 Å². The molecular formula is C126H175FN14O6. The normalized spacial score (nSPS) is 37.0. The molecule has 21 heteroatoms. The van der Waals surface area contributed by atoms with Crippen molar-refractivity contribution in [1.82, 2.24) is 45.5 Å². The summed E-state index contributed by atoms with van der Waals surface area (Å²) in [4.78, 5) is 56.7. The van der Waals surface area contributed by atoms with Gasteiger partial charge in [-0.1, -0.05) is 238 Å². The summed E-state index contributed by atoms with van der Waals surface area (Å²) in [5.41, 5.74) is 39.0. The van der Waals surface area contributed by atoms with Crippen LogP contribution in [0.2, 0.25) is 0 Å². The summed E-state index contributed by atoms with van der Waals surface area (Å²) >= 11 is 0. The lowest BCUT2D eigenvalue weighted by Gasteiger charge is -2.71. The molecule has 15 aliphatic carbocycles. The van der Waals surface area contributed by atoms with E-state index in [9.17, 15) is 23.9 Å². The Morgan fingerprint density at radius 2 is 0.673 bits per heavy atom. The first-order valence-corrected chi connectivity index (χ1v) is 55.5. The molecule has 147 heavy (non-hydrogen) atoms. The third-order valence-electron chi connectivity index (χ3n) is 46.4. The van der Waals surface area contributed by atoms with Gasteiger partial charge in [-0.25, -0.2) is 15.0 Å². The molecule has 6 heterocycles. The Hall–Kier alpha value is -9.92. The van der Waals surface area contributed by atoms with Crippen molar-refractivity contribution in [2.24, 2.45) is 134 Å². The van der Waals surface area contributed by atoms with Crippen LogP contribution in [-0.4, -0.2) is 82.7 Å². The van der Waals surface area contributed by atoms with Gasteiger partial charge in [0.15, 0.2) is 0 Å². The Balaban J connectivity index is 0.000000138. The predicted octanol–water partition coefficient (Wildman–Crippen LogP) is 28.3. The van der Waals surface area contributed by atoms with Gasteiger partial charge in [0.2, 0.25) is 5.95 Å². The molecule has 0 spiro atoms. The standard InChI is InChI=1S/C44H59N5O2.C43H55FN4O2.C37H53N5O2.2CH4/c1-39(2)18-20-44(38(50)51-26-27-12-10-9-11-13-27)21-19-43(7)35(31(44)24-39)29(28-14-15-34(46-8)47-25-28)22-33-41(5)23-30-36(48-49-37(30)45)40(3,4)32(41)16-17-42(33,43)6;1-38(2)17-19-43(37(49)50-25-26-11-9-8-10-12-26)20-18-42(7)34(30(43)23-38)28(27-13-14-33(44)46-24-27)21-32-40(5)22-29-35(47-48-36(29)45)39(3,4)31(40)15-16-41(32,42)6;1-32(2)13-15-37(31(43)44)16-14-36(7)28(24(37)19-32)22(21-9-10-27(39-8)40-20-21)17-26-34(5)18-23-29(41-42-30(23)38)33(3,4)25(34)11-12-35(26,36)6;;/h9-15,25,31-33H,16-24,26H2,1-8H3,(H,46,47)(H3,45,48,49);8-14,24,30-32H,15-23,25H2,1-7H3,(H3,45,47,48);9-10,20,24-26H,11-19H2,1-8H3,(H,39,40)(H,43,44)(H3,38,41,42);2*1H4/t31-,32-,33?,41-,42+,43+,44-;30-,31-,32?,40-,41+,42+,43-;24-,25-,26?,34-,35+,36+,37-;;/m000../s1. The number of fused-ring (bicyclic) bond motifs is 24. The third-order valence-corrected chi connectivity index (χ3v) is 46.4. The number of carboxylic acids is 1. The van der Waals surface area contributed by atoms with Crippen LogP contribution in [0, 0.1) is 140 Å². The van der Waals surface area contributed by atoms with Crippen LogP contribution in [0.5, 0.6) is 0 Å². The number of hydrogen-bond acceptors (Lipinski definition) is 16. The number of pyridine rings is 3. The van der Waals surface area contributed by atoms with Gasteiger partial charge < -0.3 is 42.4 Å². The van der Waals surface area contributed by atoms with E-state index >= 15 is 0 Å². The number of carboxylic acid groups (broad SMARTS) is 1. The second kappa shape index (κ2) is 35.6. The van der Waals surface area contributed by atoms with Crippen LogP contribution >= 0.6 is 0 Å². The zero-order valence-corrected chi connectivity index (χ0v) is 91.5. The molecule has 15 aliphatic rings. The molecule has 20 nitrogen and oxygen atoms in total. The van der Waals surface area contributed by atoms with Crippen LogP contribution in [0.4, 0.5) is 33.5 Å². The number of allylic oxidation sites excluding steroid dienone is 6. The number of aromatic amines is 3. The quantitative estimate of drug-likeness (QED) is 0.0405. The summed E-state index contributed by atoms with van der Waals surface area (Å²) in [6.07, 6.45) is 32.0. The molecule has 0 aliphatic heterocycles. The first-order chi connectivity index (χ1) is 68.2. The van der Waals surface area contributed by atoms with E-state index in [0.717, 1.165) is 189 Å². The molecule has 0 saturated heterocycles. The van der Waals surface area contributed by atoms with Gasteiger partial charge in [0, 0.05) is 82.7 Å². The topological polar surface area (TPSA) is 317 Å². The summed E-state index contributed by atoms with van der Waals surface area (Å²) in [5, 5.41) is 41.1. The van der Waals surface area contributed by atoms with E-state index in [4.69, 9.17) is 36.6 Å². The molecule has 0 bridgehead atoms. The Morgan fingerprint density at radius 3 is 0.966 bits per heavy atom. The Bertz CT molecular complexity index is 6520. The zero-order valence-electron chi connectivity index (χ0n) is 91.5. The number of ether oxygens (including phenoxy) is 2. The van der Waals surface area contributed by atoms with Crippen LogP contribution < -0.4 is 27.8 Å². The van der Waals surface area contributed by atoms with Crippen molar-refractivity contribution in [1.29, 1.82) is 0 Å². The zero-order chi connectivity index (χ0) is 103. The van der Waals surface area contributed by atoms with Crippen LogP contribution in [-0.2, 0) is 72.6 Å². The number of nitrogen functional groups attached to an aromatic ring is 3. The number of carbonyl (C=O) groups is 3. The molecule has 12 N–H and O–H groups in total. The fourth-order valence-corrected chi connectivity index (χ4v) is 38.1. The highest BCUT2D eigenvalue weighted by Gasteiger charge is 2.76. The number of nitrogens with zero attached hydrogens (tertiary/aromatic N) is 6. The van der Waals surface area contributed by atoms with Gasteiger partial charge in [-0.15, -0.1) is 0 Å². The van der Waals surface area contributed by atoms with Crippen LogP contribution in [0.15, 0.2) is 132 Å². The van der Waals surface area contributed by atoms with Crippen molar-refractivity contribution in [3.05, 3.63) is 200 Å². The van der Waals surface area contributed by atoms with E-state index in [2.05, 4.69) is 234 Å². The fourth-order valence-electron chi connectivity index (χ4n) is 38.1. The molecule has 2 aromatic carbocycles. The monoisotopic (exact) mass is 2000 g/mol. The Kier molecular flexibility index (Phi) is 25.6. The lowest BCUT2D eigenvalue weighted by atomic mass is 9.33. The molecule has 9 fully saturated rings. The average molecular weight is 2000 g/mol. The summed E-state index contributed by atoms with van der Waals surface area (Å²) in [6, 6.07) is 32.4. The number of halogens is 1. The molecule has 792 valence electrons. The van der Waals surface area contributed by atoms with Crippen molar-refractivity contribution in [2.45, 2.75) is 363 Å². The van der Waals surface area contributed by atoms with Crippen molar-refractivity contribution in [3.8, 4) is 0 Å². The largest absolute Gasteiger partial charge is 0.481 e. The Labute approximate surface area is 876 Å². The number of aliphatic carboxylic acids is 1. The van der Waals surface area contributed by atoms with Crippen molar-refractivity contribution >= 4 is 63.7 Å². The van der Waals surface area contributed by atoms with Crippen molar-refractivity contribution in [3.63, 3.8) is 0 Å². The maximum absolute atomic E-state index is 14.8. The fraction of sp³-hybridized carbons (Fsp3) is 0.643. The lowest BCUT2D eigenvalue weighted by Crippen LogP contribution is -2.65. The first-order valence-electron chi connectivity index (χ1n) is 55.5. The molecular weight excluding hydrogens is 1820 g/mol. The molecule has 3 unspecified atom stereocenters. The average Bonchev–Trinajstić information content (AvgIpc) is 1.66. The summed E-state index contributed by atoms with van der Waals surface area (Å²) in [6.45, 7) is 52.4. The highest BCUT2D eigenvalue weighted by Crippen LogP contribution is 2.83. The summed E-state index contributed by atoms with van der Waals surface area (Å²) in [5.74, 6) is 5.37. The predicted molar refractivity (Wildman–Crippen MR) is 589 cm³/mol. The smallest absolute Gasteiger partial charge is 0.313 e. The summed E-state index contributed by atoms with van der Waals surface area (Å²) < 4.78 is 27.1. The minimum atomic E-state index is -0.689. The number of nitrogens with one attached hydrogen (secondary N) is 5. The van der Waals surface area contributed by atoms with E-state index in [1.807, 2.05) is 74.9 Å². The number of nitrogens with two attached hydrogens (primary N) is 3. The number of benzene rings is 2. The lowest BCUT2D eigenvalue weighted by molar-refractivity contribution is -0.181. The van der Waals surface area contributed by atoms with Gasteiger partial charge in [-0.2, -0.15) is 19.7 Å². The summed E-state index contributed by atoms with van der Waals surface area (Å²) in [7, 11) is 3.83. The molecule has 23 rings (SSSR count). The highest BCUT2D eigenvalue weighted by molar-refractivity contribution is 5.85. The van der Waals surface area contributed by atoms with Crippen molar-refractivity contribution in [2.75, 3.05) is 41.9 Å². The molecule has 0 amide bonds. The van der Waals surface area contributed by atoms with Gasteiger partial charge in [0.05, 0.1) is 16.2 Å². The van der Waals surface area contributed by atoms with Crippen molar-refractivity contribution < 1.29 is 33.4 Å². The van der Waals surface area contributed by atoms with Gasteiger partial charge >= 0.3 is 17.9 Å². The van der Waals surface area contributed by atoms with Gasteiger partial charge in [-0.3, -0.25) is 29.7 Å². The number of aromatic nitrogens is 9. The minimum Gasteiger partial charge on any atom is -0.481 e. The molecule has 6 aromatic heterocycles. The number of anilines is 5. The maximum Gasteiger partial charge on any atom is 0.313 e. The maximum atomic E-state index is 14.8. The highest BCUT2D eigenvalue weighted by atomic mass is 19.1. The second-order valence-electron chi connectivity index (χ2n) is 55.5. The van der Waals surface area contributed by atoms with Crippen LogP contribution in [0.3, 0.4) is 0 Å². The first kappa shape index (κ1) is 106. The molecule has 0 radical (unpaired) electrons. The van der Waals surface area contributed by atoms with E-state index in [-0.39, 0.29) is 132 Å². The van der Waals surface area contributed by atoms with Gasteiger partial charge in [0.1, 0.15) is 42.3 Å². The Morgan fingerprint density at radius 1 is 0.381 bits per heavy atom. The molecule has 9 saturated carbocycles. The van der Waals surface area contributed by atoms with E-state index in [1.165, 1.54) is 97.2 Å². The van der Waals surface area contributed by atoms with E-state index < -0.39 is 28.2 Å². The number of H-pyrrole nitrogens is 3. The minimum absolute atomic E-state index is 0.